The van der Waals surface area contributed by atoms with Crippen LogP contribution in [0.15, 0.2) is 18.2 Å². The van der Waals surface area contributed by atoms with E-state index in [2.05, 4.69) is 35.0 Å². The summed E-state index contributed by atoms with van der Waals surface area (Å²) in [6.07, 6.45) is 3.59. The third kappa shape index (κ3) is 3.91. The van der Waals surface area contributed by atoms with Crippen molar-refractivity contribution >= 4 is 0 Å². The van der Waals surface area contributed by atoms with Crippen LogP contribution in [0.1, 0.15) is 36.4 Å². The molecule has 5 nitrogen and oxygen atoms in total. The number of hydrogen-bond acceptors (Lipinski definition) is 5. The number of piperidine rings is 1. The molecule has 0 radical (unpaired) electrons. The van der Waals surface area contributed by atoms with Crippen molar-refractivity contribution in [2.45, 2.75) is 38.0 Å². The molecule has 0 bridgehead atoms. The molecule has 2 aliphatic rings. The highest BCUT2D eigenvalue weighted by atomic mass is 16.5. The van der Waals surface area contributed by atoms with Gasteiger partial charge >= 0.3 is 0 Å². The van der Waals surface area contributed by atoms with Gasteiger partial charge in [0, 0.05) is 58.0 Å². The van der Waals surface area contributed by atoms with Crippen LogP contribution < -0.4 is 10.5 Å². The average molecular weight is 333 g/mol. The molecule has 134 valence electrons. The van der Waals surface area contributed by atoms with E-state index in [-0.39, 0.29) is 0 Å². The summed E-state index contributed by atoms with van der Waals surface area (Å²) >= 11 is 0. The van der Waals surface area contributed by atoms with Crippen LogP contribution in [0, 0.1) is 0 Å². The monoisotopic (exact) mass is 333 g/mol. The van der Waals surface area contributed by atoms with Crippen molar-refractivity contribution in [1.29, 1.82) is 0 Å². The lowest BCUT2D eigenvalue weighted by Crippen LogP contribution is -2.35. The van der Waals surface area contributed by atoms with E-state index in [0.29, 0.717) is 18.7 Å². The Hall–Kier alpha value is -1.14. The van der Waals surface area contributed by atoms with Crippen molar-refractivity contribution in [1.82, 2.24) is 9.80 Å². The Morgan fingerprint density at radius 1 is 1.25 bits per heavy atom. The minimum Gasteiger partial charge on any atom is -0.490 e. The van der Waals surface area contributed by atoms with Gasteiger partial charge in [0.25, 0.3) is 0 Å². The number of ether oxygens (including phenoxy) is 2. The Morgan fingerprint density at radius 3 is 2.75 bits per heavy atom. The molecule has 2 N–H and O–H groups in total. The quantitative estimate of drug-likeness (QED) is 0.774. The fourth-order valence-electron chi connectivity index (χ4n) is 3.89. The number of benzene rings is 1. The van der Waals surface area contributed by atoms with Gasteiger partial charge in [-0.2, -0.15) is 0 Å². The van der Waals surface area contributed by atoms with E-state index in [1.165, 1.54) is 11.1 Å². The molecule has 1 aromatic rings. The number of likely N-dealkylation sites (tertiary alicyclic amines) is 1. The molecule has 1 unspecified atom stereocenters. The molecule has 5 heteroatoms. The van der Waals surface area contributed by atoms with Gasteiger partial charge in [-0.05, 0) is 37.9 Å². The maximum Gasteiger partial charge on any atom is 0.124 e. The van der Waals surface area contributed by atoms with E-state index < -0.39 is 0 Å². The maximum atomic E-state index is 6.39. The summed E-state index contributed by atoms with van der Waals surface area (Å²) in [5.74, 6) is 1.06. The molecule has 0 spiro atoms. The van der Waals surface area contributed by atoms with E-state index in [9.17, 15) is 0 Å². The topological polar surface area (TPSA) is 51.0 Å². The second kappa shape index (κ2) is 8.30. The van der Waals surface area contributed by atoms with Crippen LogP contribution in [0.2, 0.25) is 0 Å². The maximum absolute atomic E-state index is 6.39. The summed E-state index contributed by atoms with van der Waals surface area (Å²) in [5, 5.41) is 0. The van der Waals surface area contributed by atoms with Crippen molar-refractivity contribution in [3.63, 3.8) is 0 Å². The third-order valence-corrected chi connectivity index (χ3v) is 5.31. The molecular formula is C19H31N3O2. The van der Waals surface area contributed by atoms with Crippen LogP contribution in [-0.2, 0) is 11.3 Å². The Bertz CT molecular complexity index is 529. The number of rotatable bonds is 7. The zero-order valence-electron chi connectivity index (χ0n) is 15.0. The number of methoxy groups -OCH3 is 1. The zero-order chi connectivity index (χ0) is 16.9. The van der Waals surface area contributed by atoms with Gasteiger partial charge in [-0.15, -0.1) is 0 Å². The standard InChI is InChI=1S/C19H31N3O2/c1-21-10-7-15(8-11-21)24-19-6-3-5-16-17(19)14-22(18(16)13-20)9-4-12-23-2/h3,5-6,15,18H,4,7-14,20H2,1-2H3. The highest BCUT2D eigenvalue weighted by Crippen LogP contribution is 2.39. The van der Waals surface area contributed by atoms with E-state index in [0.717, 1.165) is 57.8 Å². The molecule has 1 atom stereocenters. The summed E-state index contributed by atoms with van der Waals surface area (Å²) in [4.78, 5) is 4.84. The molecule has 0 amide bonds. The van der Waals surface area contributed by atoms with Gasteiger partial charge in [0.05, 0.1) is 0 Å². The molecular weight excluding hydrogens is 302 g/mol. The fourth-order valence-corrected chi connectivity index (χ4v) is 3.89. The lowest BCUT2D eigenvalue weighted by Gasteiger charge is -2.30. The van der Waals surface area contributed by atoms with Crippen LogP contribution in [-0.4, -0.2) is 62.8 Å². The Labute approximate surface area is 145 Å². The Balaban J connectivity index is 1.70. The molecule has 2 aliphatic heterocycles. The number of nitrogens with two attached hydrogens (primary N) is 1. The van der Waals surface area contributed by atoms with Crippen LogP contribution >= 0.6 is 0 Å². The summed E-state index contributed by atoms with van der Waals surface area (Å²) in [6, 6.07) is 6.76. The zero-order valence-corrected chi connectivity index (χ0v) is 15.0. The summed E-state index contributed by atoms with van der Waals surface area (Å²) in [5.41, 5.74) is 8.76. The highest BCUT2D eigenvalue weighted by Gasteiger charge is 2.31. The molecule has 1 saturated heterocycles. The number of fused-ring (bicyclic) bond motifs is 1. The Kier molecular flexibility index (Phi) is 6.11. The summed E-state index contributed by atoms with van der Waals surface area (Å²) < 4.78 is 11.6. The third-order valence-electron chi connectivity index (χ3n) is 5.31. The van der Waals surface area contributed by atoms with Crippen molar-refractivity contribution in [3.05, 3.63) is 29.3 Å². The van der Waals surface area contributed by atoms with E-state index in [1.807, 2.05) is 0 Å². The average Bonchev–Trinajstić information content (AvgIpc) is 2.96. The van der Waals surface area contributed by atoms with E-state index in [1.54, 1.807) is 7.11 Å². The molecule has 24 heavy (non-hydrogen) atoms. The van der Waals surface area contributed by atoms with Crippen molar-refractivity contribution in [3.8, 4) is 5.75 Å². The molecule has 1 fully saturated rings. The van der Waals surface area contributed by atoms with Gasteiger partial charge < -0.3 is 20.1 Å². The minimum absolute atomic E-state index is 0.304. The normalized spacial score (nSPS) is 22.7. The highest BCUT2D eigenvalue weighted by molar-refractivity contribution is 5.45. The second-order valence-electron chi connectivity index (χ2n) is 7.01. The van der Waals surface area contributed by atoms with Crippen LogP contribution in [0.3, 0.4) is 0 Å². The predicted octanol–water partition coefficient (Wildman–Crippen LogP) is 2.01. The van der Waals surface area contributed by atoms with Crippen molar-refractivity contribution < 1.29 is 9.47 Å². The first-order valence-electron chi connectivity index (χ1n) is 9.13. The SMILES string of the molecule is COCCCN1Cc2c(OC3CCN(C)CC3)cccc2C1CN. The fraction of sp³-hybridized carbons (Fsp3) is 0.684. The molecule has 0 aliphatic carbocycles. The lowest BCUT2D eigenvalue weighted by molar-refractivity contribution is 0.112. The first-order chi connectivity index (χ1) is 11.7. The van der Waals surface area contributed by atoms with Gasteiger partial charge in [-0.1, -0.05) is 12.1 Å². The second-order valence-corrected chi connectivity index (χ2v) is 7.01. The Morgan fingerprint density at radius 2 is 2.04 bits per heavy atom. The van der Waals surface area contributed by atoms with Crippen LogP contribution in [0.4, 0.5) is 0 Å². The summed E-state index contributed by atoms with van der Waals surface area (Å²) in [6.45, 7) is 5.63. The molecule has 0 aromatic heterocycles. The molecule has 2 heterocycles. The van der Waals surface area contributed by atoms with Gasteiger partial charge in [0.1, 0.15) is 11.9 Å². The first-order valence-corrected chi connectivity index (χ1v) is 9.13. The van der Waals surface area contributed by atoms with Crippen LogP contribution in [0.25, 0.3) is 0 Å². The van der Waals surface area contributed by atoms with Crippen molar-refractivity contribution in [2.24, 2.45) is 5.73 Å². The van der Waals surface area contributed by atoms with Gasteiger partial charge in [0.15, 0.2) is 0 Å². The van der Waals surface area contributed by atoms with Crippen molar-refractivity contribution in [2.75, 3.05) is 46.9 Å². The molecule has 3 rings (SSSR count). The minimum atomic E-state index is 0.304. The van der Waals surface area contributed by atoms with Gasteiger partial charge in [-0.25, -0.2) is 0 Å². The van der Waals surface area contributed by atoms with Gasteiger partial charge in [-0.3, -0.25) is 4.90 Å². The smallest absolute Gasteiger partial charge is 0.124 e. The first kappa shape index (κ1) is 17.7. The van der Waals surface area contributed by atoms with E-state index >= 15 is 0 Å². The van der Waals surface area contributed by atoms with Gasteiger partial charge in [0.2, 0.25) is 0 Å². The number of nitrogens with zero attached hydrogens (tertiary/aromatic N) is 2. The molecule has 0 saturated carbocycles. The lowest BCUT2D eigenvalue weighted by atomic mass is 10.0. The predicted molar refractivity (Wildman–Crippen MR) is 96.3 cm³/mol. The van der Waals surface area contributed by atoms with Crippen LogP contribution in [0.5, 0.6) is 5.75 Å². The van der Waals surface area contributed by atoms with E-state index in [4.69, 9.17) is 15.2 Å². The molecule has 1 aromatic carbocycles. The summed E-state index contributed by atoms with van der Waals surface area (Å²) in [7, 11) is 3.94. The number of hydrogen-bond donors (Lipinski definition) is 1. The largest absolute Gasteiger partial charge is 0.490 e.